The lowest BCUT2D eigenvalue weighted by molar-refractivity contribution is 0.600. The van der Waals surface area contributed by atoms with Crippen molar-refractivity contribution in [1.29, 1.82) is 0 Å². The Balaban J connectivity index is 2.98. The number of benzene rings is 1. The van der Waals surface area contributed by atoms with Crippen LogP contribution in [0.2, 0.25) is 0 Å². The van der Waals surface area contributed by atoms with Gasteiger partial charge in [0.05, 0.1) is 5.75 Å². The molecule has 0 spiro atoms. The maximum Gasteiger partial charge on any atom is 0.149 e. The number of halogens is 1. The van der Waals surface area contributed by atoms with E-state index >= 15 is 0 Å². The Bertz CT molecular complexity index is 531. The van der Waals surface area contributed by atoms with Crippen LogP contribution in [-0.2, 0) is 9.84 Å². The molecule has 1 aromatic rings. The van der Waals surface area contributed by atoms with E-state index in [0.29, 0.717) is 6.54 Å². The highest BCUT2D eigenvalue weighted by molar-refractivity contribution is 9.10. The van der Waals surface area contributed by atoms with Crippen LogP contribution in [0.3, 0.4) is 0 Å². The number of hydrogen-bond donors (Lipinski definition) is 1. The molecule has 0 aliphatic heterocycles. The van der Waals surface area contributed by atoms with E-state index in [2.05, 4.69) is 34.2 Å². The topological polar surface area (TPSA) is 49.4 Å². The molecule has 6 heteroatoms. The van der Waals surface area contributed by atoms with E-state index in [-0.39, 0.29) is 11.8 Å². The molecule has 108 valence electrons. The quantitative estimate of drug-likeness (QED) is 0.856. The summed E-state index contributed by atoms with van der Waals surface area (Å²) in [7, 11) is 0.885. The third kappa shape index (κ3) is 5.12. The van der Waals surface area contributed by atoms with Crippen molar-refractivity contribution in [2.45, 2.75) is 13.0 Å². The first-order valence-electron chi connectivity index (χ1n) is 6.10. The maximum atomic E-state index is 11.2. The van der Waals surface area contributed by atoms with Crippen molar-refractivity contribution < 1.29 is 8.42 Å². The van der Waals surface area contributed by atoms with Crippen LogP contribution in [0.15, 0.2) is 22.7 Å². The van der Waals surface area contributed by atoms with E-state index in [0.717, 1.165) is 15.7 Å². The Hall–Kier alpha value is -0.590. The zero-order valence-corrected chi connectivity index (χ0v) is 14.2. The van der Waals surface area contributed by atoms with Crippen LogP contribution < -0.4 is 10.2 Å². The van der Waals surface area contributed by atoms with Crippen molar-refractivity contribution in [2.24, 2.45) is 0 Å². The minimum Gasteiger partial charge on any atom is -0.373 e. The second-order valence-electron chi connectivity index (χ2n) is 4.76. The zero-order chi connectivity index (χ0) is 14.6. The highest BCUT2D eigenvalue weighted by Crippen LogP contribution is 2.28. The number of nitrogens with zero attached hydrogens (tertiary/aromatic N) is 1. The molecule has 0 bridgehead atoms. The summed E-state index contributed by atoms with van der Waals surface area (Å²) in [6.45, 7) is 2.57. The van der Waals surface area contributed by atoms with Gasteiger partial charge in [-0.3, -0.25) is 0 Å². The number of rotatable bonds is 6. The van der Waals surface area contributed by atoms with Gasteiger partial charge in [-0.15, -0.1) is 0 Å². The van der Waals surface area contributed by atoms with Gasteiger partial charge in [-0.2, -0.15) is 0 Å². The van der Waals surface area contributed by atoms with Crippen molar-refractivity contribution in [2.75, 3.05) is 37.5 Å². The molecule has 0 radical (unpaired) electrons. The standard InChI is InChI=1S/C13H21BrN2O2S/c1-10(15-2)12-9-11(14)5-6-13(12)16(3)7-8-19(4,17)18/h5-6,9-10,15H,7-8H2,1-4H3. The Morgan fingerprint density at radius 3 is 2.58 bits per heavy atom. The lowest BCUT2D eigenvalue weighted by Gasteiger charge is -2.25. The third-order valence-corrected chi connectivity index (χ3v) is 4.52. The van der Waals surface area contributed by atoms with E-state index in [9.17, 15) is 8.42 Å². The fourth-order valence-corrected chi connectivity index (χ4v) is 2.78. The minimum absolute atomic E-state index is 0.160. The van der Waals surface area contributed by atoms with Gasteiger partial charge in [-0.25, -0.2) is 8.42 Å². The summed E-state index contributed by atoms with van der Waals surface area (Å²) in [6, 6.07) is 6.24. The average Bonchev–Trinajstić information content (AvgIpc) is 2.34. The van der Waals surface area contributed by atoms with E-state index in [1.807, 2.05) is 31.1 Å². The lowest BCUT2D eigenvalue weighted by atomic mass is 10.1. The van der Waals surface area contributed by atoms with Crippen LogP contribution in [-0.4, -0.2) is 41.1 Å². The summed E-state index contributed by atoms with van der Waals surface area (Å²) in [6.07, 6.45) is 1.26. The smallest absolute Gasteiger partial charge is 0.149 e. The van der Waals surface area contributed by atoms with Crippen molar-refractivity contribution >= 4 is 31.5 Å². The van der Waals surface area contributed by atoms with Gasteiger partial charge in [0.15, 0.2) is 0 Å². The molecule has 0 saturated carbocycles. The first-order chi connectivity index (χ1) is 8.74. The molecular weight excluding hydrogens is 328 g/mol. The molecular formula is C13H21BrN2O2S. The number of hydrogen-bond acceptors (Lipinski definition) is 4. The Morgan fingerprint density at radius 2 is 2.05 bits per heavy atom. The van der Waals surface area contributed by atoms with Crippen molar-refractivity contribution in [1.82, 2.24) is 5.32 Å². The molecule has 0 aliphatic carbocycles. The molecule has 4 nitrogen and oxygen atoms in total. The molecule has 1 aromatic carbocycles. The van der Waals surface area contributed by atoms with Gasteiger partial charge in [-0.05, 0) is 37.7 Å². The predicted molar refractivity (Wildman–Crippen MR) is 84.6 cm³/mol. The fourth-order valence-electron chi connectivity index (χ4n) is 1.80. The molecule has 0 heterocycles. The van der Waals surface area contributed by atoms with E-state index in [1.54, 1.807) is 0 Å². The first-order valence-corrected chi connectivity index (χ1v) is 8.95. The Kier molecular flexibility index (Phi) is 5.82. The summed E-state index contributed by atoms with van der Waals surface area (Å²) in [5, 5.41) is 3.21. The van der Waals surface area contributed by atoms with Crippen molar-refractivity contribution in [3.8, 4) is 0 Å². The molecule has 1 atom stereocenters. The second-order valence-corrected chi connectivity index (χ2v) is 7.94. The molecule has 0 aliphatic rings. The van der Waals surface area contributed by atoms with Crippen molar-refractivity contribution in [3.63, 3.8) is 0 Å². The SMILES string of the molecule is CNC(C)c1cc(Br)ccc1N(C)CCS(C)(=O)=O. The Morgan fingerprint density at radius 1 is 1.42 bits per heavy atom. The molecule has 19 heavy (non-hydrogen) atoms. The van der Waals surface area contributed by atoms with Crippen LogP contribution in [0.25, 0.3) is 0 Å². The third-order valence-electron chi connectivity index (χ3n) is 3.10. The van der Waals surface area contributed by atoms with E-state index in [4.69, 9.17) is 0 Å². The average molecular weight is 349 g/mol. The number of anilines is 1. The minimum atomic E-state index is -2.94. The Labute approximate surface area is 124 Å². The predicted octanol–water partition coefficient (Wildman–Crippen LogP) is 2.21. The molecule has 0 aromatic heterocycles. The first kappa shape index (κ1) is 16.5. The van der Waals surface area contributed by atoms with Crippen LogP contribution >= 0.6 is 15.9 Å². The molecule has 1 unspecified atom stereocenters. The molecule has 1 N–H and O–H groups in total. The van der Waals surface area contributed by atoms with Gasteiger partial charge < -0.3 is 10.2 Å². The van der Waals surface area contributed by atoms with Crippen LogP contribution in [0.5, 0.6) is 0 Å². The molecule has 0 amide bonds. The highest BCUT2D eigenvalue weighted by atomic mass is 79.9. The van der Waals surface area contributed by atoms with Gasteiger partial charge in [0, 0.05) is 36.1 Å². The van der Waals surface area contributed by atoms with Gasteiger partial charge in [0.2, 0.25) is 0 Å². The van der Waals surface area contributed by atoms with E-state index < -0.39 is 9.84 Å². The lowest BCUT2D eigenvalue weighted by Crippen LogP contribution is -2.27. The summed E-state index contributed by atoms with van der Waals surface area (Å²) >= 11 is 3.47. The van der Waals surface area contributed by atoms with Gasteiger partial charge in [0.1, 0.15) is 9.84 Å². The largest absolute Gasteiger partial charge is 0.373 e. The van der Waals surface area contributed by atoms with Gasteiger partial charge in [-0.1, -0.05) is 15.9 Å². The second kappa shape index (κ2) is 6.72. The molecule has 0 fully saturated rings. The van der Waals surface area contributed by atoms with Crippen LogP contribution in [0.4, 0.5) is 5.69 Å². The van der Waals surface area contributed by atoms with Crippen LogP contribution in [0, 0.1) is 0 Å². The summed E-state index contributed by atoms with van der Waals surface area (Å²) < 4.78 is 23.5. The number of nitrogens with one attached hydrogen (secondary N) is 1. The summed E-state index contributed by atoms with van der Waals surface area (Å²) in [5.41, 5.74) is 2.20. The zero-order valence-electron chi connectivity index (χ0n) is 11.8. The summed E-state index contributed by atoms with van der Waals surface area (Å²) in [5.74, 6) is 0.160. The van der Waals surface area contributed by atoms with Gasteiger partial charge >= 0.3 is 0 Å². The van der Waals surface area contributed by atoms with E-state index in [1.165, 1.54) is 6.26 Å². The normalized spacial score (nSPS) is 13.3. The molecule has 0 saturated heterocycles. The summed E-state index contributed by atoms with van der Waals surface area (Å²) in [4.78, 5) is 1.98. The van der Waals surface area contributed by atoms with Crippen LogP contribution in [0.1, 0.15) is 18.5 Å². The van der Waals surface area contributed by atoms with Gasteiger partial charge in [0.25, 0.3) is 0 Å². The molecule has 1 rings (SSSR count). The van der Waals surface area contributed by atoms with Crippen molar-refractivity contribution in [3.05, 3.63) is 28.2 Å². The highest BCUT2D eigenvalue weighted by Gasteiger charge is 2.14. The monoisotopic (exact) mass is 348 g/mol. The fraction of sp³-hybridized carbons (Fsp3) is 0.538. The number of sulfone groups is 1. The maximum absolute atomic E-state index is 11.2.